The van der Waals surface area contributed by atoms with Crippen molar-refractivity contribution in [1.29, 1.82) is 0 Å². The lowest BCUT2D eigenvalue weighted by molar-refractivity contribution is -0.139. The van der Waals surface area contributed by atoms with Crippen LogP contribution in [0.5, 0.6) is 5.75 Å². The van der Waals surface area contributed by atoms with E-state index in [1.54, 1.807) is 7.11 Å². The van der Waals surface area contributed by atoms with Crippen molar-refractivity contribution in [2.75, 3.05) is 27.3 Å². The van der Waals surface area contributed by atoms with Crippen LogP contribution in [0.15, 0.2) is 24.3 Å². The summed E-state index contributed by atoms with van der Waals surface area (Å²) in [5.74, 6) is 0.595. The van der Waals surface area contributed by atoms with Crippen molar-refractivity contribution < 1.29 is 14.3 Å². The van der Waals surface area contributed by atoms with Gasteiger partial charge in [0, 0.05) is 12.0 Å². The van der Waals surface area contributed by atoms with Crippen molar-refractivity contribution in [2.45, 2.75) is 19.3 Å². The lowest BCUT2D eigenvalue weighted by Crippen LogP contribution is -2.36. The summed E-state index contributed by atoms with van der Waals surface area (Å²) in [5, 5.41) is 3.10. The molecule has 0 aromatic heterocycles. The van der Waals surface area contributed by atoms with E-state index in [1.165, 1.54) is 12.7 Å². The first kappa shape index (κ1) is 14.5. The first-order valence-corrected chi connectivity index (χ1v) is 5.91. The lowest BCUT2D eigenvalue weighted by atomic mass is 9.84. The van der Waals surface area contributed by atoms with Gasteiger partial charge < -0.3 is 14.8 Å². The zero-order valence-electron chi connectivity index (χ0n) is 11.4. The number of methoxy groups -OCH3 is 2. The zero-order chi connectivity index (χ0) is 13.6. The molecule has 0 atom stereocenters. The fraction of sp³-hybridized carbons (Fsp3) is 0.500. The second-order valence-corrected chi connectivity index (χ2v) is 4.79. The third-order valence-corrected chi connectivity index (χ3v) is 2.94. The van der Waals surface area contributed by atoms with Gasteiger partial charge in [-0.15, -0.1) is 0 Å². The molecule has 4 nitrogen and oxygen atoms in total. The maximum absolute atomic E-state index is 11.0. The Morgan fingerprint density at radius 1 is 1.22 bits per heavy atom. The van der Waals surface area contributed by atoms with Gasteiger partial charge in [-0.25, -0.2) is 0 Å². The molecule has 1 rings (SSSR count). The third kappa shape index (κ3) is 4.04. The molecule has 4 heteroatoms. The standard InChI is InChI=1S/C14H21NO3/c1-14(2,10-15-9-13(16)18-4)11-5-7-12(17-3)8-6-11/h5-8,15H,9-10H2,1-4H3. The van der Waals surface area contributed by atoms with Crippen LogP contribution >= 0.6 is 0 Å². The molecule has 18 heavy (non-hydrogen) atoms. The molecule has 0 saturated heterocycles. The molecular formula is C14H21NO3. The molecule has 1 N–H and O–H groups in total. The maximum atomic E-state index is 11.0. The molecule has 0 unspecified atom stereocenters. The molecule has 0 aliphatic rings. The van der Waals surface area contributed by atoms with Gasteiger partial charge in [-0.2, -0.15) is 0 Å². The summed E-state index contributed by atoms with van der Waals surface area (Å²) in [6.45, 7) is 5.18. The molecule has 0 aliphatic heterocycles. The monoisotopic (exact) mass is 251 g/mol. The normalized spacial score (nSPS) is 11.1. The van der Waals surface area contributed by atoms with E-state index >= 15 is 0 Å². The van der Waals surface area contributed by atoms with E-state index in [9.17, 15) is 4.79 Å². The number of ether oxygens (including phenoxy) is 2. The van der Waals surface area contributed by atoms with Crippen molar-refractivity contribution in [1.82, 2.24) is 5.32 Å². The highest BCUT2D eigenvalue weighted by molar-refractivity contribution is 5.71. The van der Waals surface area contributed by atoms with Crippen LogP contribution in [0.2, 0.25) is 0 Å². The van der Waals surface area contributed by atoms with Gasteiger partial charge in [0.05, 0.1) is 20.8 Å². The number of benzene rings is 1. The Morgan fingerprint density at radius 2 is 1.83 bits per heavy atom. The highest BCUT2D eigenvalue weighted by Crippen LogP contribution is 2.24. The molecule has 0 saturated carbocycles. The van der Waals surface area contributed by atoms with Gasteiger partial charge >= 0.3 is 5.97 Å². The largest absolute Gasteiger partial charge is 0.497 e. The number of hydrogen-bond acceptors (Lipinski definition) is 4. The molecule has 0 fully saturated rings. The summed E-state index contributed by atoms with van der Waals surface area (Å²) < 4.78 is 9.72. The zero-order valence-corrected chi connectivity index (χ0v) is 11.4. The minimum absolute atomic E-state index is 0.0553. The van der Waals surface area contributed by atoms with Crippen LogP contribution in [-0.2, 0) is 14.9 Å². The third-order valence-electron chi connectivity index (χ3n) is 2.94. The second-order valence-electron chi connectivity index (χ2n) is 4.79. The molecule has 0 bridgehead atoms. The molecule has 0 heterocycles. The van der Waals surface area contributed by atoms with Crippen LogP contribution < -0.4 is 10.1 Å². The number of carbonyl (C=O) groups excluding carboxylic acids is 1. The summed E-state index contributed by atoms with van der Waals surface area (Å²) in [6.07, 6.45) is 0. The minimum atomic E-state index is -0.250. The fourth-order valence-corrected chi connectivity index (χ4v) is 1.69. The number of esters is 1. The summed E-state index contributed by atoms with van der Waals surface area (Å²) in [6, 6.07) is 7.96. The Bertz CT molecular complexity index is 385. The minimum Gasteiger partial charge on any atom is -0.497 e. The maximum Gasteiger partial charge on any atom is 0.319 e. The first-order chi connectivity index (χ1) is 8.49. The predicted octanol–water partition coefficient (Wildman–Crippen LogP) is 1.74. The molecule has 0 aliphatic carbocycles. The van der Waals surface area contributed by atoms with E-state index in [1.807, 2.05) is 24.3 Å². The lowest BCUT2D eigenvalue weighted by Gasteiger charge is -2.25. The summed E-state index contributed by atoms with van der Waals surface area (Å²) in [4.78, 5) is 11.0. The van der Waals surface area contributed by atoms with E-state index in [0.717, 1.165) is 5.75 Å². The smallest absolute Gasteiger partial charge is 0.319 e. The highest BCUT2D eigenvalue weighted by Gasteiger charge is 2.20. The van der Waals surface area contributed by atoms with Gasteiger partial charge in [-0.05, 0) is 17.7 Å². The number of hydrogen-bond donors (Lipinski definition) is 1. The van der Waals surface area contributed by atoms with Gasteiger partial charge in [0.15, 0.2) is 0 Å². The first-order valence-electron chi connectivity index (χ1n) is 5.91. The Hall–Kier alpha value is -1.55. The van der Waals surface area contributed by atoms with Gasteiger partial charge in [0.25, 0.3) is 0 Å². The average Bonchev–Trinajstić information content (AvgIpc) is 2.38. The summed E-state index contributed by atoms with van der Waals surface area (Å²) in [7, 11) is 3.04. The van der Waals surface area contributed by atoms with E-state index in [-0.39, 0.29) is 17.9 Å². The average molecular weight is 251 g/mol. The van der Waals surface area contributed by atoms with Crippen LogP contribution in [0.1, 0.15) is 19.4 Å². The van der Waals surface area contributed by atoms with E-state index < -0.39 is 0 Å². The second kappa shape index (κ2) is 6.40. The molecular weight excluding hydrogens is 230 g/mol. The van der Waals surface area contributed by atoms with Crippen molar-refractivity contribution in [3.63, 3.8) is 0 Å². The Labute approximate surface area is 108 Å². The quantitative estimate of drug-likeness (QED) is 0.782. The Morgan fingerprint density at radius 3 is 2.33 bits per heavy atom. The van der Waals surface area contributed by atoms with Gasteiger partial charge in [0.2, 0.25) is 0 Å². The molecule has 0 amide bonds. The summed E-state index contributed by atoms with van der Waals surface area (Å²) >= 11 is 0. The van der Waals surface area contributed by atoms with E-state index in [2.05, 4.69) is 23.9 Å². The molecule has 1 aromatic carbocycles. The van der Waals surface area contributed by atoms with Crippen molar-refractivity contribution in [2.24, 2.45) is 0 Å². The number of rotatable bonds is 6. The van der Waals surface area contributed by atoms with Crippen molar-refractivity contribution >= 4 is 5.97 Å². The van der Waals surface area contributed by atoms with Crippen molar-refractivity contribution in [3.05, 3.63) is 29.8 Å². The van der Waals surface area contributed by atoms with Crippen molar-refractivity contribution in [3.8, 4) is 5.75 Å². The predicted molar refractivity (Wildman–Crippen MR) is 70.9 cm³/mol. The van der Waals surface area contributed by atoms with E-state index in [0.29, 0.717) is 6.54 Å². The van der Waals surface area contributed by atoms with Gasteiger partial charge in [-0.1, -0.05) is 26.0 Å². The molecule has 100 valence electrons. The Kier molecular flexibility index (Phi) is 5.16. The van der Waals surface area contributed by atoms with Crippen LogP contribution in [0.25, 0.3) is 0 Å². The number of nitrogens with one attached hydrogen (secondary N) is 1. The van der Waals surface area contributed by atoms with Crippen LogP contribution in [0.4, 0.5) is 0 Å². The molecule has 1 aromatic rings. The van der Waals surface area contributed by atoms with Crippen LogP contribution in [0, 0.1) is 0 Å². The highest BCUT2D eigenvalue weighted by atomic mass is 16.5. The fourth-order valence-electron chi connectivity index (χ4n) is 1.69. The van der Waals surface area contributed by atoms with Crippen LogP contribution in [-0.4, -0.2) is 33.3 Å². The van der Waals surface area contributed by atoms with E-state index in [4.69, 9.17) is 4.74 Å². The number of carbonyl (C=O) groups is 1. The Balaban J connectivity index is 2.58. The van der Waals surface area contributed by atoms with Gasteiger partial charge in [0.1, 0.15) is 5.75 Å². The molecule has 0 spiro atoms. The molecule has 0 radical (unpaired) electrons. The summed E-state index contributed by atoms with van der Waals surface area (Å²) in [5.41, 5.74) is 1.14. The topological polar surface area (TPSA) is 47.6 Å². The van der Waals surface area contributed by atoms with Gasteiger partial charge in [-0.3, -0.25) is 4.79 Å². The van der Waals surface area contributed by atoms with Crippen LogP contribution in [0.3, 0.4) is 0 Å². The SMILES string of the molecule is COC(=O)CNCC(C)(C)c1ccc(OC)cc1.